The third-order valence-corrected chi connectivity index (χ3v) is 5.84. The fraction of sp³-hybridized carbons (Fsp3) is 0.292. The van der Waals surface area contributed by atoms with Crippen LogP contribution in [0.1, 0.15) is 42.4 Å². The van der Waals surface area contributed by atoms with E-state index in [-0.39, 0.29) is 18.0 Å². The summed E-state index contributed by atoms with van der Waals surface area (Å²) in [6.45, 7) is 6.69. The van der Waals surface area contributed by atoms with Gasteiger partial charge in [-0.1, -0.05) is 29.8 Å². The quantitative estimate of drug-likeness (QED) is 0.257. The van der Waals surface area contributed by atoms with Crippen molar-refractivity contribution in [1.29, 1.82) is 0 Å². The summed E-state index contributed by atoms with van der Waals surface area (Å²) in [6, 6.07) is 11.9. The third-order valence-electron chi connectivity index (χ3n) is 5.47. The highest BCUT2D eigenvalue weighted by Gasteiger charge is 2.27. The zero-order chi connectivity index (χ0) is 25.7. The summed E-state index contributed by atoms with van der Waals surface area (Å²) in [4.78, 5) is 23.4. The molecular weight excluding hydrogens is 474 g/mol. The van der Waals surface area contributed by atoms with Gasteiger partial charge in [0.15, 0.2) is 11.5 Å². The molecule has 11 heteroatoms. The summed E-state index contributed by atoms with van der Waals surface area (Å²) < 4.78 is 12.6. The zero-order valence-electron chi connectivity index (χ0n) is 20.0. The molecule has 10 nitrogen and oxygen atoms in total. The summed E-state index contributed by atoms with van der Waals surface area (Å²) in [5.41, 5.74) is 5.03. The Labute approximate surface area is 207 Å². The van der Waals surface area contributed by atoms with Crippen molar-refractivity contribution in [2.24, 2.45) is 5.10 Å². The van der Waals surface area contributed by atoms with Gasteiger partial charge in [-0.05, 0) is 52.0 Å². The number of aromatic nitrogens is 2. The van der Waals surface area contributed by atoms with Gasteiger partial charge in [0.1, 0.15) is 24.0 Å². The highest BCUT2D eigenvalue weighted by atomic mass is 35.5. The van der Waals surface area contributed by atoms with E-state index in [0.29, 0.717) is 33.5 Å². The molecule has 184 valence electrons. The Bertz CT molecular complexity index is 1290. The Balaban J connectivity index is 1.71. The number of aryl methyl sites for hydroxylation is 1. The lowest BCUT2D eigenvalue weighted by Crippen LogP contribution is -2.29. The second kappa shape index (κ2) is 11.0. The van der Waals surface area contributed by atoms with Gasteiger partial charge < -0.3 is 9.47 Å². The van der Waals surface area contributed by atoms with Crippen molar-refractivity contribution in [3.8, 4) is 11.5 Å². The van der Waals surface area contributed by atoms with Crippen LogP contribution in [0.25, 0.3) is 0 Å². The van der Waals surface area contributed by atoms with Crippen LogP contribution >= 0.6 is 11.6 Å². The Morgan fingerprint density at radius 2 is 1.97 bits per heavy atom. The number of amides is 1. The molecule has 1 heterocycles. The molecule has 1 N–H and O–H groups in total. The number of hydrazone groups is 1. The number of carbonyl (C=O) groups excluding carboxylic acids is 1. The monoisotopic (exact) mass is 499 g/mol. The molecule has 0 saturated carbocycles. The molecular formula is C24H26ClN5O5. The second-order valence-corrected chi connectivity index (χ2v) is 8.22. The highest BCUT2D eigenvalue weighted by Crippen LogP contribution is 2.30. The molecule has 2 aromatic carbocycles. The molecule has 1 atom stereocenters. The number of halogens is 1. The Morgan fingerprint density at radius 1 is 1.26 bits per heavy atom. The largest absolute Gasteiger partial charge is 0.493 e. The molecule has 3 aromatic rings. The van der Waals surface area contributed by atoms with Crippen molar-refractivity contribution in [2.75, 3.05) is 7.11 Å². The van der Waals surface area contributed by atoms with Gasteiger partial charge in [0.25, 0.3) is 5.91 Å². The van der Waals surface area contributed by atoms with Crippen molar-refractivity contribution in [1.82, 2.24) is 15.2 Å². The normalized spacial score (nSPS) is 12.2. The minimum Gasteiger partial charge on any atom is -0.493 e. The molecule has 0 aliphatic carbocycles. The number of benzene rings is 2. The molecule has 0 aliphatic rings. The average Bonchev–Trinajstić information content (AvgIpc) is 3.14. The van der Waals surface area contributed by atoms with Crippen molar-refractivity contribution in [3.63, 3.8) is 0 Å². The number of hydrogen-bond donors (Lipinski definition) is 1. The topological polar surface area (TPSA) is 121 Å². The molecule has 3 rings (SSSR count). The number of ether oxygens (including phenoxy) is 2. The van der Waals surface area contributed by atoms with Gasteiger partial charge in [-0.25, -0.2) is 5.43 Å². The van der Waals surface area contributed by atoms with Crippen LogP contribution in [0.3, 0.4) is 0 Å². The number of hydrogen-bond acceptors (Lipinski definition) is 7. The lowest BCUT2D eigenvalue weighted by Gasteiger charge is -2.14. The predicted molar refractivity (Wildman–Crippen MR) is 132 cm³/mol. The SMILES string of the molecule is COc1cc(/C(C)=N/NC(=O)C(C)n2nc(C)c([N+](=O)[O-])c2C)ccc1OCc1ccccc1Cl. The van der Waals surface area contributed by atoms with Crippen LogP contribution in [0, 0.1) is 24.0 Å². The maximum Gasteiger partial charge on any atom is 0.312 e. The first-order valence-corrected chi connectivity index (χ1v) is 11.1. The second-order valence-electron chi connectivity index (χ2n) is 7.82. The first-order chi connectivity index (χ1) is 16.6. The minimum absolute atomic E-state index is 0.103. The fourth-order valence-electron chi connectivity index (χ4n) is 3.49. The van der Waals surface area contributed by atoms with E-state index in [2.05, 4.69) is 15.6 Å². The van der Waals surface area contributed by atoms with Crippen LogP contribution in [-0.2, 0) is 11.4 Å². The highest BCUT2D eigenvalue weighted by molar-refractivity contribution is 6.31. The number of nitrogens with one attached hydrogen (secondary N) is 1. The van der Waals surface area contributed by atoms with Gasteiger partial charge in [-0.2, -0.15) is 10.2 Å². The van der Waals surface area contributed by atoms with Crippen LogP contribution in [0.4, 0.5) is 5.69 Å². The number of rotatable bonds is 9. The Morgan fingerprint density at radius 3 is 2.60 bits per heavy atom. The number of nitrogens with zero attached hydrogens (tertiary/aromatic N) is 4. The summed E-state index contributed by atoms with van der Waals surface area (Å²) in [5.74, 6) is 0.572. The maximum absolute atomic E-state index is 12.6. The van der Waals surface area contributed by atoms with E-state index in [0.717, 1.165) is 5.56 Å². The Hall–Kier alpha value is -3.92. The average molecular weight is 500 g/mol. The number of carbonyl (C=O) groups is 1. The van der Waals surface area contributed by atoms with Gasteiger partial charge in [-0.3, -0.25) is 19.6 Å². The van der Waals surface area contributed by atoms with E-state index in [1.807, 2.05) is 18.2 Å². The molecule has 0 bridgehead atoms. The lowest BCUT2D eigenvalue weighted by atomic mass is 10.1. The van der Waals surface area contributed by atoms with E-state index < -0.39 is 16.9 Å². The zero-order valence-corrected chi connectivity index (χ0v) is 20.8. The summed E-state index contributed by atoms with van der Waals surface area (Å²) in [5, 5.41) is 20.2. The molecule has 1 aromatic heterocycles. The molecule has 35 heavy (non-hydrogen) atoms. The molecule has 0 spiro atoms. The smallest absolute Gasteiger partial charge is 0.312 e. The van der Waals surface area contributed by atoms with Crippen molar-refractivity contribution in [3.05, 3.63) is 80.1 Å². The van der Waals surface area contributed by atoms with Crippen molar-refractivity contribution >= 4 is 28.9 Å². The maximum atomic E-state index is 12.6. The van der Waals surface area contributed by atoms with Crippen LogP contribution in [0.15, 0.2) is 47.6 Å². The summed E-state index contributed by atoms with van der Waals surface area (Å²) >= 11 is 6.19. The lowest BCUT2D eigenvalue weighted by molar-refractivity contribution is -0.386. The van der Waals surface area contributed by atoms with Crippen molar-refractivity contribution < 1.29 is 19.2 Å². The van der Waals surface area contributed by atoms with Gasteiger partial charge in [0.2, 0.25) is 0 Å². The Kier molecular flexibility index (Phi) is 8.08. The van der Waals surface area contributed by atoms with E-state index >= 15 is 0 Å². The van der Waals surface area contributed by atoms with Gasteiger partial charge in [0, 0.05) is 16.1 Å². The predicted octanol–water partition coefficient (Wildman–Crippen LogP) is 4.75. The molecule has 1 amide bonds. The van der Waals surface area contributed by atoms with E-state index in [1.54, 1.807) is 45.0 Å². The standard InChI is InChI=1S/C24H26ClN5O5/c1-14(26-27-24(31)17(4)29-16(3)23(30(32)33)15(2)28-29)18-10-11-21(22(12-18)34-5)35-13-19-8-6-7-9-20(19)25/h6-12,17H,13H2,1-5H3,(H,27,31)/b26-14+. The first-order valence-electron chi connectivity index (χ1n) is 10.7. The van der Waals surface area contributed by atoms with Gasteiger partial charge in [0.05, 0.1) is 17.7 Å². The fourth-order valence-corrected chi connectivity index (χ4v) is 3.68. The number of nitro groups is 1. The van der Waals surface area contributed by atoms with E-state index in [1.165, 1.54) is 18.7 Å². The molecule has 0 saturated heterocycles. The minimum atomic E-state index is -0.797. The third kappa shape index (κ3) is 5.78. The first kappa shape index (κ1) is 25.7. The van der Waals surface area contributed by atoms with E-state index in [4.69, 9.17) is 21.1 Å². The number of methoxy groups -OCH3 is 1. The van der Waals surface area contributed by atoms with Crippen LogP contribution in [0.2, 0.25) is 5.02 Å². The van der Waals surface area contributed by atoms with Crippen LogP contribution in [0.5, 0.6) is 11.5 Å². The summed E-state index contributed by atoms with van der Waals surface area (Å²) in [6.07, 6.45) is 0. The van der Waals surface area contributed by atoms with Crippen molar-refractivity contribution in [2.45, 2.75) is 40.3 Å². The van der Waals surface area contributed by atoms with Gasteiger partial charge in [-0.15, -0.1) is 0 Å². The molecule has 0 aliphatic heterocycles. The molecule has 1 unspecified atom stereocenters. The molecule has 0 radical (unpaired) electrons. The van der Waals surface area contributed by atoms with E-state index in [9.17, 15) is 14.9 Å². The van der Waals surface area contributed by atoms with Gasteiger partial charge >= 0.3 is 5.69 Å². The summed E-state index contributed by atoms with van der Waals surface area (Å²) in [7, 11) is 1.53. The van der Waals surface area contributed by atoms with Crippen LogP contribution < -0.4 is 14.9 Å². The van der Waals surface area contributed by atoms with Crippen LogP contribution in [-0.4, -0.2) is 33.4 Å². The molecule has 0 fully saturated rings.